The van der Waals surface area contributed by atoms with Crippen LogP contribution in [-0.2, 0) is 6.54 Å². The number of nitrogens with one attached hydrogen (secondary N) is 1. The van der Waals surface area contributed by atoms with Gasteiger partial charge in [-0.15, -0.1) is 0 Å². The Bertz CT molecular complexity index is 1570. The van der Waals surface area contributed by atoms with Crippen LogP contribution in [0.25, 0.3) is 32.8 Å². The van der Waals surface area contributed by atoms with Gasteiger partial charge in [-0.25, -0.2) is 14.1 Å². The zero-order chi connectivity index (χ0) is 24.8. The highest BCUT2D eigenvalue weighted by Crippen LogP contribution is 2.37. The Kier molecular flexibility index (Phi) is 5.43. The van der Waals surface area contributed by atoms with E-state index in [1.807, 2.05) is 54.6 Å². The number of benzene rings is 3. The van der Waals surface area contributed by atoms with Gasteiger partial charge < -0.3 is 15.0 Å². The molecule has 0 amide bonds. The third-order valence-corrected chi connectivity index (χ3v) is 7.38. The Balaban J connectivity index is 1.33. The Labute approximate surface area is 213 Å². The van der Waals surface area contributed by atoms with Crippen molar-refractivity contribution in [1.82, 2.24) is 30.0 Å². The van der Waals surface area contributed by atoms with E-state index in [0.717, 1.165) is 48.1 Å². The van der Waals surface area contributed by atoms with Gasteiger partial charge >= 0.3 is 6.01 Å². The summed E-state index contributed by atoms with van der Waals surface area (Å²) < 4.78 is 23.9. The third kappa shape index (κ3) is 4.05. The van der Waals surface area contributed by atoms with Crippen LogP contribution in [0.3, 0.4) is 0 Å². The highest BCUT2D eigenvalue weighted by molar-refractivity contribution is 6.00. The summed E-state index contributed by atoms with van der Waals surface area (Å²) in [7, 11) is 0. The Hall–Kier alpha value is -4.11. The number of rotatable bonds is 6. The summed E-state index contributed by atoms with van der Waals surface area (Å²) in [6.45, 7) is 2.44. The number of nitrogens with zero attached hydrogens (tertiary/aromatic N) is 6. The zero-order valence-corrected chi connectivity index (χ0v) is 20.2. The van der Waals surface area contributed by atoms with Gasteiger partial charge in [-0.1, -0.05) is 48.5 Å². The average molecular weight is 496 g/mol. The van der Waals surface area contributed by atoms with Crippen molar-refractivity contribution in [3.63, 3.8) is 0 Å². The lowest BCUT2D eigenvalue weighted by Gasteiger charge is -2.34. The standard InChI is InChI=1S/C28H26FN7O/c29-25-23(22-7-3-5-18-4-1-2-6-21(18)22)10-11-24-26(25)33-28(37-13-12-36-17-30-16-31-36)34-27(24)35-14-19-8-9-20(15-35)32-19/h1-7,10-11,16-17,19-20,32H,8-9,12-15H2/t19-,20+. The van der Waals surface area contributed by atoms with Crippen LogP contribution in [0, 0.1) is 5.82 Å². The monoisotopic (exact) mass is 495 g/mol. The minimum absolute atomic E-state index is 0.169. The second-order valence-corrected chi connectivity index (χ2v) is 9.73. The summed E-state index contributed by atoms with van der Waals surface area (Å²) in [6.07, 6.45) is 5.40. The summed E-state index contributed by atoms with van der Waals surface area (Å²) in [6, 6.07) is 18.8. The van der Waals surface area contributed by atoms with Crippen molar-refractivity contribution in [1.29, 1.82) is 0 Å². The number of piperazine rings is 1. The summed E-state index contributed by atoms with van der Waals surface area (Å²) in [5.41, 5.74) is 1.63. The first-order valence-corrected chi connectivity index (χ1v) is 12.7. The second kappa shape index (κ2) is 9.08. The van der Waals surface area contributed by atoms with Crippen LogP contribution in [0.1, 0.15) is 12.8 Å². The Morgan fingerprint density at radius 2 is 1.76 bits per heavy atom. The zero-order valence-electron chi connectivity index (χ0n) is 20.2. The van der Waals surface area contributed by atoms with Crippen molar-refractivity contribution in [3.8, 4) is 17.1 Å². The van der Waals surface area contributed by atoms with E-state index in [0.29, 0.717) is 36.2 Å². The molecule has 0 radical (unpaired) electrons. The molecule has 0 spiro atoms. The minimum Gasteiger partial charge on any atom is -0.461 e. The molecule has 2 fully saturated rings. The van der Waals surface area contributed by atoms with E-state index < -0.39 is 0 Å². The van der Waals surface area contributed by atoms with E-state index in [1.54, 1.807) is 11.0 Å². The maximum atomic E-state index is 16.3. The van der Waals surface area contributed by atoms with Gasteiger partial charge in [0.05, 0.1) is 6.54 Å². The Morgan fingerprint density at radius 1 is 0.919 bits per heavy atom. The van der Waals surface area contributed by atoms with Crippen LogP contribution in [-0.4, -0.2) is 56.5 Å². The molecule has 8 nitrogen and oxygen atoms in total. The van der Waals surface area contributed by atoms with Crippen molar-refractivity contribution in [2.75, 3.05) is 24.6 Å². The van der Waals surface area contributed by atoms with Crippen LogP contribution in [0.4, 0.5) is 10.2 Å². The molecule has 2 aliphatic heterocycles. The molecule has 2 bridgehead atoms. The molecule has 0 aliphatic carbocycles. The molecule has 0 saturated carbocycles. The summed E-state index contributed by atoms with van der Waals surface area (Å²) in [5, 5.41) is 10.5. The van der Waals surface area contributed by atoms with Crippen LogP contribution in [0.2, 0.25) is 0 Å². The topological polar surface area (TPSA) is 81.0 Å². The lowest BCUT2D eigenvalue weighted by atomic mass is 9.97. The smallest absolute Gasteiger partial charge is 0.319 e. The van der Waals surface area contributed by atoms with Gasteiger partial charge in [-0.2, -0.15) is 15.1 Å². The number of aromatic nitrogens is 5. The van der Waals surface area contributed by atoms with Crippen LogP contribution < -0.4 is 15.0 Å². The SMILES string of the molecule is Fc1c(-c2cccc3ccccc23)ccc2c(N3C[C@H]4CC[C@@H](C3)N4)nc(OCCn3cncn3)nc12. The second-order valence-electron chi connectivity index (χ2n) is 9.73. The summed E-state index contributed by atoms with van der Waals surface area (Å²) in [5.74, 6) is 0.360. The fraction of sp³-hybridized carbons (Fsp3) is 0.286. The normalized spacial score (nSPS) is 19.1. The largest absolute Gasteiger partial charge is 0.461 e. The number of fused-ring (bicyclic) bond motifs is 4. The molecular weight excluding hydrogens is 469 g/mol. The molecule has 3 aromatic carbocycles. The van der Waals surface area contributed by atoms with Crippen molar-refractivity contribution in [2.24, 2.45) is 0 Å². The maximum absolute atomic E-state index is 16.3. The third-order valence-electron chi connectivity index (χ3n) is 7.38. The first kappa shape index (κ1) is 22.1. The Morgan fingerprint density at radius 3 is 2.59 bits per heavy atom. The molecule has 9 heteroatoms. The fourth-order valence-electron chi connectivity index (χ4n) is 5.65. The van der Waals surface area contributed by atoms with E-state index in [4.69, 9.17) is 9.72 Å². The van der Waals surface area contributed by atoms with Gasteiger partial charge in [0.1, 0.15) is 30.6 Å². The van der Waals surface area contributed by atoms with Gasteiger partial charge in [-0.05, 0) is 35.2 Å². The van der Waals surface area contributed by atoms with Crippen molar-refractivity contribution in [2.45, 2.75) is 31.5 Å². The molecule has 2 aromatic heterocycles. The molecule has 1 N–H and O–H groups in total. The van der Waals surface area contributed by atoms with Crippen molar-refractivity contribution < 1.29 is 9.13 Å². The van der Waals surface area contributed by atoms with Gasteiger partial charge in [-0.3, -0.25) is 0 Å². The van der Waals surface area contributed by atoms with Crippen LogP contribution in [0.15, 0.2) is 67.3 Å². The predicted octanol–water partition coefficient (Wildman–Crippen LogP) is 4.20. The molecule has 2 atom stereocenters. The quantitative estimate of drug-likeness (QED) is 0.378. The molecule has 5 aromatic rings. The van der Waals surface area contributed by atoms with E-state index >= 15 is 4.39 Å². The fourth-order valence-corrected chi connectivity index (χ4v) is 5.65. The maximum Gasteiger partial charge on any atom is 0.319 e. The van der Waals surface area contributed by atoms with Crippen LogP contribution in [0.5, 0.6) is 6.01 Å². The van der Waals surface area contributed by atoms with Crippen molar-refractivity contribution >= 4 is 27.5 Å². The van der Waals surface area contributed by atoms with E-state index in [2.05, 4.69) is 25.3 Å². The van der Waals surface area contributed by atoms with E-state index in [-0.39, 0.29) is 17.3 Å². The summed E-state index contributed by atoms with van der Waals surface area (Å²) in [4.78, 5) is 15.6. The first-order valence-electron chi connectivity index (χ1n) is 12.7. The van der Waals surface area contributed by atoms with Gasteiger partial charge in [0, 0.05) is 36.1 Å². The van der Waals surface area contributed by atoms with E-state index in [9.17, 15) is 0 Å². The highest BCUT2D eigenvalue weighted by Gasteiger charge is 2.34. The number of hydrogen-bond donors (Lipinski definition) is 1. The first-order chi connectivity index (χ1) is 18.2. The molecule has 2 saturated heterocycles. The molecule has 186 valence electrons. The molecule has 7 rings (SSSR count). The van der Waals surface area contributed by atoms with Gasteiger partial charge in [0.2, 0.25) is 0 Å². The minimum atomic E-state index is -0.364. The number of hydrogen-bond acceptors (Lipinski definition) is 7. The van der Waals surface area contributed by atoms with Crippen LogP contribution >= 0.6 is 0 Å². The number of anilines is 1. The molecular formula is C28H26FN7O. The number of ether oxygens (including phenoxy) is 1. The molecule has 0 unspecified atom stereocenters. The highest BCUT2D eigenvalue weighted by atomic mass is 19.1. The lowest BCUT2D eigenvalue weighted by Crippen LogP contribution is -2.51. The van der Waals surface area contributed by atoms with Gasteiger partial charge in [0.15, 0.2) is 5.82 Å². The number of halogens is 1. The lowest BCUT2D eigenvalue weighted by molar-refractivity contribution is 0.270. The van der Waals surface area contributed by atoms with E-state index in [1.165, 1.54) is 6.33 Å². The van der Waals surface area contributed by atoms with Crippen molar-refractivity contribution in [3.05, 3.63) is 73.1 Å². The molecule has 37 heavy (non-hydrogen) atoms. The molecule has 4 heterocycles. The predicted molar refractivity (Wildman–Crippen MR) is 140 cm³/mol. The average Bonchev–Trinajstić information content (AvgIpc) is 3.57. The van der Waals surface area contributed by atoms with Gasteiger partial charge in [0.25, 0.3) is 0 Å². The molecule has 2 aliphatic rings. The summed E-state index contributed by atoms with van der Waals surface area (Å²) >= 11 is 0.